The first-order valence-corrected chi connectivity index (χ1v) is 9.28. The Bertz CT molecular complexity index is 839. The number of hydrogen-bond donors (Lipinski definition) is 2. The Morgan fingerprint density at radius 2 is 1.83 bits per heavy atom. The molecule has 0 aliphatic carbocycles. The Labute approximate surface area is 186 Å². The van der Waals surface area contributed by atoms with Crippen molar-refractivity contribution < 1.29 is 41.1 Å². The first-order valence-electron chi connectivity index (χ1n) is 9.28. The van der Waals surface area contributed by atoms with Gasteiger partial charge in [0.1, 0.15) is 12.3 Å². The second kappa shape index (κ2) is 12.6. The van der Waals surface area contributed by atoms with E-state index in [0.29, 0.717) is 12.1 Å². The van der Waals surface area contributed by atoms with Crippen LogP contribution < -0.4 is 31.6 Å². The van der Waals surface area contributed by atoms with Crippen molar-refractivity contribution in [1.82, 2.24) is 10.2 Å². The summed E-state index contributed by atoms with van der Waals surface area (Å²) >= 11 is 0. The third-order valence-electron chi connectivity index (χ3n) is 4.11. The molecule has 0 aliphatic heterocycles. The number of carbonyl (C=O) groups is 2. The number of carbonyl (C=O) groups excluding carboxylic acids is 2. The topological polar surface area (TPSA) is 95.1 Å². The Balaban J connectivity index is 0.00000450. The molecular weight excluding hydrogens is 452 g/mol. The summed E-state index contributed by atoms with van der Waals surface area (Å²) in [4.78, 5) is 26.7. The van der Waals surface area contributed by atoms with E-state index >= 15 is 0 Å². The molecule has 162 valence electrons. The number of nitrogens with one attached hydrogen (secondary N) is 1. The van der Waals surface area contributed by atoms with E-state index < -0.39 is 0 Å². The average molecular weight is 479 g/mol. The minimum atomic E-state index is -0.207. The molecular formula is C21H27BrN4O4. The number of amides is 2. The fourth-order valence-corrected chi connectivity index (χ4v) is 2.71. The minimum absolute atomic E-state index is 0. The van der Waals surface area contributed by atoms with Crippen LogP contribution >= 0.6 is 0 Å². The lowest BCUT2D eigenvalue weighted by molar-refractivity contribution is -0.685. The van der Waals surface area contributed by atoms with Gasteiger partial charge in [0, 0.05) is 30.3 Å². The molecule has 0 saturated heterocycles. The highest BCUT2D eigenvalue weighted by Gasteiger charge is 2.21. The van der Waals surface area contributed by atoms with E-state index in [2.05, 4.69) is 10.5 Å². The van der Waals surface area contributed by atoms with Crippen molar-refractivity contribution in [3.8, 4) is 5.75 Å². The maximum absolute atomic E-state index is 12.9. The summed E-state index contributed by atoms with van der Waals surface area (Å²) in [5, 5.41) is 14.4. The number of ether oxygens (including phenoxy) is 1. The van der Waals surface area contributed by atoms with Crippen LogP contribution in [0.3, 0.4) is 0 Å². The number of aromatic nitrogens is 1. The van der Waals surface area contributed by atoms with E-state index in [1.54, 1.807) is 36.2 Å². The highest BCUT2D eigenvalue weighted by Crippen LogP contribution is 2.13. The highest BCUT2D eigenvalue weighted by molar-refractivity contribution is 5.84. The molecule has 1 aromatic carbocycles. The molecule has 0 aliphatic rings. The van der Waals surface area contributed by atoms with Crippen molar-refractivity contribution in [2.75, 3.05) is 13.7 Å². The summed E-state index contributed by atoms with van der Waals surface area (Å²) in [6.45, 7) is 4.12. The van der Waals surface area contributed by atoms with Gasteiger partial charge in [-0.1, -0.05) is 17.3 Å². The molecule has 0 saturated carbocycles. The largest absolute Gasteiger partial charge is 1.00 e. The second-order valence-corrected chi connectivity index (χ2v) is 6.87. The molecule has 2 amide bonds. The van der Waals surface area contributed by atoms with Gasteiger partial charge in [0.2, 0.25) is 12.5 Å². The van der Waals surface area contributed by atoms with Crippen LogP contribution in [-0.4, -0.2) is 47.8 Å². The molecule has 30 heavy (non-hydrogen) atoms. The number of benzene rings is 1. The fraction of sp³-hybridized carbons (Fsp3) is 0.333. The van der Waals surface area contributed by atoms with Crippen molar-refractivity contribution in [1.29, 1.82) is 0 Å². The van der Waals surface area contributed by atoms with Crippen LogP contribution in [0, 0.1) is 0 Å². The molecule has 9 heteroatoms. The maximum atomic E-state index is 12.9. The molecule has 2 N–H and O–H groups in total. The zero-order chi connectivity index (χ0) is 21.2. The highest BCUT2D eigenvalue weighted by atomic mass is 79.9. The first kappa shape index (κ1) is 25.1. The first-order chi connectivity index (χ1) is 13.9. The Morgan fingerprint density at radius 3 is 2.37 bits per heavy atom. The van der Waals surface area contributed by atoms with Crippen molar-refractivity contribution in [3.63, 3.8) is 0 Å². The summed E-state index contributed by atoms with van der Waals surface area (Å²) in [5.41, 5.74) is 1.61. The van der Waals surface area contributed by atoms with E-state index in [4.69, 9.17) is 9.94 Å². The molecule has 2 rings (SSSR count). The lowest BCUT2D eigenvalue weighted by Gasteiger charge is -2.22. The van der Waals surface area contributed by atoms with Gasteiger partial charge in [-0.2, -0.15) is 4.57 Å². The van der Waals surface area contributed by atoms with Crippen LogP contribution in [0.1, 0.15) is 25.0 Å². The number of nitrogens with zero attached hydrogens (tertiary/aromatic N) is 3. The van der Waals surface area contributed by atoms with Gasteiger partial charge < -0.3 is 37.1 Å². The smallest absolute Gasteiger partial charge is 0.289 e. The van der Waals surface area contributed by atoms with Crippen LogP contribution in [0.4, 0.5) is 0 Å². The predicted octanol–water partition coefficient (Wildman–Crippen LogP) is -1.65. The summed E-state index contributed by atoms with van der Waals surface area (Å²) < 4.78 is 6.87. The zero-order valence-corrected chi connectivity index (χ0v) is 18.9. The van der Waals surface area contributed by atoms with Gasteiger partial charge in [-0.3, -0.25) is 9.59 Å². The molecule has 8 nitrogen and oxygen atoms in total. The number of hydrogen-bond acceptors (Lipinski definition) is 5. The predicted molar refractivity (Wildman–Crippen MR) is 108 cm³/mol. The van der Waals surface area contributed by atoms with Crippen molar-refractivity contribution in [2.24, 2.45) is 5.16 Å². The van der Waals surface area contributed by atoms with Gasteiger partial charge in [0.25, 0.3) is 5.91 Å². The molecule has 1 heterocycles. The normalized spacial score (nSPS) is 10.5. The van der Waals surface area contributed by atoms with Crippen LogP contribution in [0.15, 0.2) is 53.9 Å². The third kappa shape index (κ3) is 8.20. The molecule has 0 spiro atoms. The molecule has 0 bridgehead atoms. The minimum Gasteiger partial charge on any atom is -1.00 e. The van der Waals surface area contributed by atoms with Crippen LogP contribution in [-0.2, 0) is 22.7 Å². The van der Waals surface area contributed by atoms with Gasteiger partial charge in [0.05, 0.1) is 13.3 Å². The van der Waals surface area contributed by atoms with Gasteiger partial charge in [-0.15, -0.1) is 0 Å². The van der Waals surface area contributed by atoms with E-state index in [0.717, 1.165) is 11.3 Å². The number of halogens is 1. The maximum Gasteiger partial charge on any atom is 0.289 e. The number of rotatable bonds is 9. The summed E-state index contributed by atoms with van der Waals surface area (Å²) in [5.74, 6) is 0.334. The quantitative estimate of drug-likeness (QED) is 0.195. The van der Waals surface area contributed by atoms with E-state index in [-0.39, 0.29) is 47.9 Å². The van der Waals surface area contributed by atoms with Gasteiger partial charge in [-0.05, 0) is 31.5 Å². The van der Waals surface area contributed by atoms with Gasteiger partial charge >= 0.3 is 0 Å². The molecule has 0 radical (unpaired) electrons. The van der Waals surface area contributed by atoms with Gasteiger partial charge in [-0.25, -0.2) is 0 Å². The fourth-order valence-electron chi connectivity index (χ4n) is 2.71. The molecule has 1 aromatic heterocycles. The van der Waals surface area contributed by atoms with E-state index in [9.17, 15) is 9.59 Å². The van der Waals surface area contributed by atoms with Crippen molar-refractivity contribution in [3.05, 3.63) is 59.9 Å². The van der Waals surface area contributed by atoms with Crippen LogP contribution in [0.25, 0.3) is 0 Å². The van der Waals surface area contributed by atoms with E-state index in [1.165, 1.54) is 11.1 Å². The lowest BCUT2D eigenvalue weighted by Crippen LogP contribution is -3.00. The summed E-state index contributed by atoms with van der Waals surface area (Å²) in [7, 11) is 1.59. The van der Waals surface area contributed by atoms with Crippen molar-refractivity contribution in [2.45, 2.75) is 33.0 Å². The second-order valence-electron chi connectivity index (χ2n) is 6.87. The summed E-state index contributed by atoms with van der Waals surface area (Å²) in [6, 6.07) is 10.8. The molecule has 0 fully saturated rings. The SMILES string of the molecule is COc1ccc(CN(CC(=O)NC(C)C)C(=O)C[n+]2ccc(/C=N\O)cc2)cc1.[Br-]. The zero-order valence-electron chi connectivity index (χ0n) is 17.3. The monoisotopic (exact) mass is 478 g/mol. The van der Waals surface area contributed by atoms with Crippen LogP contribution in [0.2, 0.25) is 0 Å². The lowest BCUT2D eigenvalue weighted by atomic mass is 10.2. The van der Waals surface area contributed by atoms with E-state index in [1.807, 2.05) is 38.1 Å². The molecule has 0 unspecified atom stereocenters. The Morgan fingerprint density at radius 1 is 1.20 bits per heavy atom. The Hall–Kier alpha value is -2.94. The third-order valence-corrected chi connectivity index (χ3v) is 4.11. The number of pyridine rings is 1. The standard InChI is InChI=1S/C21H26N4O4.BrH/c1-16(2)23-20(26)14-25(13-18-4-6-19(29-3)7-5-18)21(27)15-24-10-8-17(9-11-24)12-22-28;/h4-12,16H,13-15H2,1-3H3,(H,23,26);1H. The number of methoxy groups -OCH3 is 1. The Kier molecular flexibility index (Phi) is 10.5. The van der Waals surface area contributed by atoms with Crippen LogP contribution in [0.5, 0.6) is 5.75 Å². The van der Waals surface area contributed by atoms with Gasteiger partial charge in [0.15, 0.2) is 12.4 Å². The number of oxime groups is 1. The molecule has 0 atom stereocenters. The summed E-state index contributed by atoms with van der Waals surface area (Å²) in [6.07, 6.45) is 4.74. The average Bonchev–Trinajstić information content (AvgIpc) is 2.69. The molecule has 2 aromatic rings. The van der Waals surface area contributed by atoms with Crippen molar-refractivity contribution >= 4 is 18.0 Å².